The minimum absolute atomic E-state index is 0.217. The molecule has 0 saturated carbocycles. The molecule has 0 fully saturated rings. The van der Waals surface area contributed by atoms with Gasteiger partial charge in [0, 0.05) is 20.5 Å². The molecule has 6 heteroatoms. The van der Waals surface area contributed by atoms with Crippen molar-refractivity contribution in [1.29, 1.82) is 0 Å². The summed E-state index contributed by atoms with van der Waals surface area (Å²) in [4.78, 5) is 17.7. The second-order valence-corrected chi connectivity index (χ2v) is 7.01. The highest BCUT2D eigenvalue weighted by atomic mass is 79.9. The van der Waals surface area contributed by atoms with Crippen molar-refractivity contribution in [2.45, 2.75) is 6.92 Å². The Labute approximate surface area is 145 Å². The predicted octanol–water partition coefficient (Wildman–Crippen LogP) is 5.27. The standard InChI is InChI=1S/C17H12BrFN2OS/c1-10-15(11-5-7-14(19)8-6-11)20-17(23-10)21-16(22)12-3-2-4-13(18)9-12/h2-9H,1H3,(H,20,21,22). The van der Waals surface area contributed by atoms with Gasteiger partial charge in [-0.05, 0) is 49.4 Å². The smallest absolute Gasteiger partial charge is 0.257 e. The van der Waals surface area contributed by atoms with Crippen molar-refractivity contribution in [2.24, 2.45) is 0 Å². The van der Waals surface area contributed by atoms with E-state index in [0.717, 1.165) is 20.6 Å². The topological polar surface area (TPSA) is 42.0 Å². The van der Waals surface area contributed by atoms with E-state index in [1.165, 1.54) is 23.5 Å². The van der Waals surface area contributed by atoms with Crippen LogP contribution < -0.4 is 5.32 Å². The SMILES string of the molecule is Cc1sc(NC(=O)c2cccc(Br)c2)nc1-c1ccc(F)cc1. The molecule has 0 aliphatic heterocycles. The molecule has 0 bridgehead atoms. The summed E-state index contributed by atoms with van der Waals surface area (Å²) in [6.45, 7) is 1.92. The van der Waals surface area contributed by atoms with Crippen LogP contribution in [0.15, 0.2) is 53.0 Å². The fourth-order valence-corrected chi connectivity index (χ4v) is 3.35. The van der Waals surface area contributed by atoms with Gasteiger partial charge in [-0.25, -0.2) is 9.37 Å². The maximum Gasteiger partial charge on any atom is 0.257 e. The monoisotopic (exact) mass is 390 g/mol. The van der Waals surface area contributed by atoms with Crippen LogP contribution >= 0.6 is 27.3 Å². The van der Waals surface area contributed by atoms with E-state index >= 15 is 0 Å². The molecule has 0 aliphatic carbocycles. The van der Waals surface area contributed by atoms with E-state index in [-0.39, 0.29) is 11.7 Å². The van der Waals surface area contributed by atoms with Crippen LogP contribution in [0.1, 0.15) is 15.2 Å². The number of aromatic nitrogens is 1. The number of anilines is 1. The molecule has 0 radical (unpaired) electrons. The number of nitrogens with zero attached hydrogens (tertiary/aromatic N) is 1. The summed E-state index contributed by atoms with van der Waals surface area (Å²) in [5.74, 6) is -0.504. The average molecular weight is 391 g/mol. The second kappa shape index (κ2) is 6.60. The lowest BCUT2D eigenvalue weighted by molar-refractivity contribution is 0.102. The number of thiazole rings is 1. The molecule has 23 heavy (non-hydrogen) atoms. The number of amides is 1. The largest absolute Gasteiger partial charge is 0.298 e. The second-order valence-electron chi connectivity index (χ2n) is 4.90. The zero-order chi connectivity index (χ0) is 16.4. The van der Waals surface area contributed by atoms with Crippen molar-refractivity contribution >= 4 is 38.3 Å². The van der Waals surface area contributed by atoms with Gasteiger partial charge < -0.3 is 0 Å². The van der Waals surface area contributed by atoms with Crippen LogP contribution in [0, 0.1) is 12.7 Å². The number of nitrogens with one attached hydrogen (secondary N) is 1. The van der Waals surface area contributed by atoms with Crippen molar-refractivity contribution in [3.8, 4) is 11.3 Å². The maximum absolute atomic E-state index is 13.0. The van der Waals surface area contributed by atoms with Crippen LogP contribution in [-0.2, 0) is 0 Å². The van der Waals surface area contributed by atoms with E-state index in [0.29, 0.717) is 10.7 Å². The Kier molecular flexibility index (Phi) is 4.54. The minimum atomic E-state index is -0.287. The first-order chi connectivity index (χ1) is 11.0. The maximum atomic E-state index is 13.0. The van der Waals surface area contributed by atoms with Gasteiger partial charge in [-0.15, -0.1) is 11.3 Å². The van der Waals surface area contributed by atoms with Crippen molar-refractivity contribution < 1.29 is 9.18 Å². The number of benzene rings is 2. The molecular formula is C17H12BrFN2OS. The molecule has 0 atom stereocenters. The van der Waals surface area contributed by atoms with E-state index in [9.17, 15) is 9.18 Å². The summed E-state index contributed by atoms with van der Waals surface area (Å²) < 4.78 is 13.9. The summed E-state index contributed by atoms with van der Waals surface area (Å²) in [6.07, 6.45) is 0. The third-order valence-electron chi connectivity index (χ3n) is 3.22. The normalized spacial score (nSPS) is 10.6. The van der Waals surface area contributed by atoms with E-state index < -0.39 is 0 Å². The van der Waals surface area contributed by atoms with Crippen LogP contribution in [-0.4, -0.2) is 10.9 Å². The Morgan fingerprint density at radius 3 is 2.65 bits per heavy atom. The lowest BCUT2D eigenvalue weighted by Gasteiger charge is -2.02. The van der Waals surface area contributed by atoms with Gasteiger partial charge in [0.05, 0.1) is 5.69 Å². The summed E-state index contributed by atoms with van der Waals surface area (Å²) in [5.41, 5.74) is 2.12. The van der Waals surface area contributed by atoms with Gasteiger partial charge in [0.15, 0.2) is 5.13 Å². The van der Waals surface area contributed by atoms with Gasteiger partial charge >= 0.3 is 0 Å². The van der Waals surface area contributed by atoms with Gasteiger partial charge in [-0.2, -0.15) is 0 Å². The fourth-order valence-electron chi connectivity index (χ4n) is 2.12. The first-order valence-electron chi connectivity index (χ1n) is 6.83. The quantitative estimate of drug-likeness (QED) is 0.661. The Balaban J connectivity index is 1.83. The molecule has 1 aromatic heterocycles. The molecular weight excluding hydrogens is 379 g/mol. The molecule has 3 rings (SSSR count). The first kappa shape index (κ1) is 15.8. The number of aryl methyl sites for hydroxylation is 1. The van der Waals surface area contributed by atoms with E-state index in [2.05, 4.69) is 26.2 Å². The molecule has 0 unspecified atom stereocenters. The number of halogens is 2. The van der Waals surface area contributed by atoms with Gasteiger partial charge in [0.25, 0.3) is 5.91 Å². The molecule has 1 amide bonds. The zero-order valence-electron chi connectivity index (χ0n) is 12.1. The number of carbonyl (C=O) groups excluding carboxylic acids is 1. The Morgan fingerprint density at radius 1 is 1.22 bits per heavy atom. The number of hydrogen-bond donors (Lipinski definition) is 1. The fraction of sp³-hybridized carbons (Fsp3) is 0.0588. The highest BCUT2D eigenvalue weighted by molar-refractivity contribution is 9.10. The molecule has 0 spiro atoms. The highest BCUT2D eigenvalue weighted by Gasteiger charge is 2.13. The van der Waals surface area contributed by atoms with Crippen LogP contribution in [0.2, 0.25) is 0 Å². The van der Waals surface area contributed by atoms with Gasteiger partial charge in [0.1, 0.15) is 5.82 Å². The highest BCUT2D eigenvalue weighted by Crippen LogP contribution is 2.30. The third-order valence-corrected chi connectivity index (χ3v) is 4.60. The number of carbonyl (C=O) groups is 1. The Bertz CT molecular complexity index is 861. The molecule has 3 aromatic rings. The van der Waals surface area contributed by atoms with Crippen molar-refractivity contribution in [3.63, 3.8) is 0 Å². The summed E-state index contributed by atoms with van der Waals surface area (Å²) in [7, 11) is 0. The minimum Gasteiger partial charge on any atom is -0.298 e. The van der Waals surface area contributed by atoms with E-state index in [1.54, 1.807) is 30.3 Å². The molecule has 2 aromatic carbocycles. The average Bonchev–Trinajstić information content (AvgIpc) is 2.88. The van der Waals surface area contributed by atoms with Crippen LogP contribution in [0.25, 0.3) is 11.3 Å². The molecule has 0 saturated heterocycles. The van der Waals surface area contributed by atoms with Crippen LogP contribution in [0.4, 0.5) is 9.52 Å². The predicted molar refractivity (Wildman–Crippen MR) is 94.3 cm³/mol. The van der Waals surface area contributed by atoms with Crippen molar-refractivity contribution in [1.82, 2.24) is 4.98 Å². The van der Waals surface area contributed by atoms with E-state index in [1.807, 2.05) is 13.0 Å². The summed E-state index contributed by atoms with van der Waals surface area (Å²) >= 11 is 4.74. The molecule has 0 aliphatic rings. The molecule has 1 N–H and O–H groups in total. The lowest BCUT2D eigenvalue weighted by atomic mass is 10.1. The van der Waals surface area contributed by atoms with Gasteiger partial charge in [-0.1, -0.05) is 22.0 Å². The summed E-state index contributed by atoms with van der Waals surface area (Å²) in [5, 5.41) is 3.32. The zero-order valence-corrected chi connectivity index (χ0v) is 14.5. The Morgan fingerprint density at radius 2 is 1.96 bits per heavy atom. The van der Waals surface area contributed by atoms with Crippen LogP contribution in [0.5, 0.6) is 0 Å². The van der Waals surface area contributed by atoms with Gasteiger partial charge in [-0.3, -0.25) is 10.1 Å². The number of hydrogen-bond acceptors (Lipinski definition) is 3. The first-order valence-corrected chi connectivity index (χ1v) is 8.44. The lowest BCUT2D eigenvalue weighted by Crippen LogP contribution is -2.11. The summed E-state index contributed by atoms with van der Waals surface area (Å²) in [6, 6.07) is 13.3. The van der Waals surface area contributed by atoms with Crippen LogP contribution in [0.3, 0.4) is 0 Å². The third kappa shape index (κ3) is 3.65. The van der Waals surface area contributed by atoms with E-state index in [4.69, 9.17) is 0 Å². The number of rotatable bonds is 3. The van der Waals surface area contributed by atoms with Crippen molar-refractivity contribution in [2.75, 3.05) is 5.32 Å². The van der Waals surface area contributed by atoms with Gasteiger partial charge in [0.2, 0.25) is 0 Å². The molecule has 1 heterocycles. The molecule has 3 nitrogen and oxygen atoms in total. The Hall–Kier alpha value is -2.05. The molecule has 116 valence electrons. The van der Waals surface area contributed by atoms with Crippen molar-refractivity contribution in [3.05, 3.63) is 69.3 Å².